The van der Waals surface area contributed by atoms with E-state index in [9.17, 15) is 8.42 Å². The van der Waals surface area contributed by atoms with E-state index in [2.05, 4.69) is 15.9 Å². The Morgan fingerprint density at radius 3 is 2.10 bits per heavy atom. The summed E-state index contributed by atoms with van der Waals surface area (Å²) in [6.07, 6.45) is 4.18. The lowest BCUT2D eigenvalue weighted by Crippen LogP contribution is -2.33. The second-order valence-corrected chi connectivity index (χ2v) is 8.30. The zero-order valence-corrected chi connectivity index (χ0v) is 14.8. The molecule has 112 valence electrons. The molecule has 1 aromatic rings. The van der Waals surface area contributed by atoms with Gasteiger partial charge in [-0.15, -0.1) is 0 Å². The number of rotatable bonds is 2. The first-order valence-electron chi connectivity index (χ1n) is 7.12. The summed E-state index contributed by atoms with van der Waals surface area (Å²) in [5, 5.41) is 0. The van der Waals surface area contributed by atoms with Crippen LogP contribution < -0.4 is 0 Å². The van der Waals surface area contributed by atoms with Crippen molar-refractivity contribution >= 4 is 26.0 Å². The molecule has 1 saturated heterocycles. The lowest BCUT2D eigenvalue weighted by Gasteiger charge is -2.23. The lowest BCUT2D eigenvalue weighted by atomic mass is 10.1. The highest BCUT2D eigenvalue weighted by Gasteiger charge is 2.29. The van der Waals surface area contributed by atoms with E-state index >= 15 is 0 Å². The van der Waals surface area contributed by atoms with E-state index in [4.69, 9.17) is 0 Å². The molecule has 0 radical (unpaired) electrons. The maximum absolute atomic E-state index is 13.0. The molecule has 0 aromatic heterocycles. The molecule has 0 atom stereocenters. The van der Waals surface area contributed by atoms with Crippen molar-refractivity contribution in [2.24, 2.45) is 0 Å². The molecule has 20 heavy (non-hydrogen) atoms. The van der Waals surface area contributed by atoms with Crippen molar-refractivity contribution in [2.45, 2.75) is 51.3 Å². The molecule has 1 fully saturated rings. The summed E-state index contributed by atoms with van der Waals surface area (Å²) in [7, 11) is -3.39. The summed E-state index contributed by atoms with van der Waals surface area (Å²) in [4.78, 5) is 0.492. The van der Waals surface area contributed by atoms with Gasteiger partial charge in [0.1, 0.15) is 0 Å². The second-order valence-electron chi connectivity index (χ2n) is 5.57. The zero-order valence-electron chi connectivity index (χ0n) is 12.4. The molecule has 0 unspecified atom stereocenters. The van der Waals surface area contributed by atoms with Crippen LogP contribution >= 0.6 is 15.9 Å². The monoisotopic (exact) mass is 359 g/mol. The topological polar surface area (TPSA) is 37.4 Å². The molecule has 0 spiro atoms. The van der Waals surface area contributed by atoms with Gasteiger partial charge in [-0.3, -0.25) is 0 Å². The average molecular weight is 360 g/mol. The van der Waals surface area contributed by atoms with Crippen molar-refractivity contribution < 1.29 is 8.42 Å². The molecule has 0 N–H and O–H groups in total. The van der Waals surface area contributed by atoms with E-state index in [1.807, 2.05) is 26.8 Å². The molecular weight excluding hydrogens is 338 g/mol. The predicted molar refractivity (Wildman–Crippen MR) is 85.6 cm³/mol. The van der Waals surface area contributed by atoms with Crippen molar-refractivity contribution in [3.8, 4) is 0 Å². The fourth-order valence-electron chi connectivity index (χ4n) is 2.77. The molecule has 3 nitrogen and oxygen atoms in total. The molecule has 0 saturated carbocycles. The zero-order chi connectivity index (χ0) is 14.9. The average Bonchev–Trinajstić information content (AvgIpc) is 2.65. The van der Waals surface area contributed by atoms with Gasteiger partial charge >= 0.3 is 0 Å². The van der Waals surface area contributed by atoms with E-state index < -0.39 is 10.0 Å². The molecule has 1 aliphatic rings. The number of nitrogens with zero attached hydrogens (tertiary/aromatic N) is 1. The standard InChI is InChI=1S/C15H22BrNO2S/c1-11-10-14(16)13(3)15(12(11)2)20(18,19)17-8-6-4-5-7-9-17/h10H,4-9H2,1-3H3. The minimum absolute atomic E-state index is 0.492. The van der Waals surface area contributed by atoms with Gasteiger partial charge in [0.05, 0.1) is 4.90 Å². The highest BCUT2D eigenvalue weighted by Crippen LogP contribution is 2.32. The first-order chi connectivity index (χ1) is 9.35. The Labute approximate surface area is 130 Å². The largest absolute Gasteiger partial charge is 0.243 e. The molecule has 0 bridgehead atoms. The van der Waals surface area contributed by atoms with Crippen LogP contribution in [0.5, 0.6) is 0 Å². The Hall–Kier alpha value is -0.390. The molecule has 0 aliphatic carbocycles. The van der Waals surface area contributed by atoms with Crippen molar-refractivity contribution in [1.82, 2.24) is 4.31 Å². The SMILES string of the molecule is Cc1cc(Br)c(C)c(S(=O)(=O)N2CCCCCC2)c1C. The van der Waals surface area contributed by atoms with Gasteiger partial charge in [0.15, 0.2) is 0 Å². The fourth-order valence-corrected chi connectivity index (χ4v) is 5.49. The van der Waals surface area contributed by atoms with E-state index in [0.29, 0.717) is 18.0 Å². The minimum Gasteiger partial charge on any atom is -0.207 e. The fraction of sp³-hybridized carbons (Fsp3) is 0.600. The number of aryl methyl sites for hydroxylation is 1. The maximum Gasteiger partial charge on any atom is 0.243 e. The number of halogens is 1. The van der Waals surface area contributed by atoms with Crippen LogP contribution in [-0.4, -0.2) is 25.8 Å². The van der Waals surface area contributed by atoms with Crippen molar-refractivity contribution in [3.63, 3.8) is 0 Å². The molecule has 1 heterocycles. The van der Waals surface area contributed by atoms with Gasteiger partial charge in [0.2, 0.25) is 10.0 Å². The van der Waals surface area contributed by atoms with E-state index in [1.54, 1.807) is 4.31 Å². The summed E-state index contributed by atoms with van der Waals surface area (Å²) in [5.74, 6) is 0. The Kier molecular flexibility index (Phi) is 4.92. The van der Waals surface area contributed by atoms with Gasteiger partial charge < -0.3 is 0 Å². The molecule has 0 amide bonds. The third-order valence-electron chi connectivity index (χ3n) is 4.14. The van der Waals surface area contributed by atoms with Crippen LogP contribution in [0.25, 0.3) is 0 Å². The number of hydrogen-bond donors (Lipinski definition) is 0. The third kappa shape index (κ3) is 2.95. The highest BCUT2D eigenvalue weighted by molar-refractivity contribution is 9.10. The van der Waals surface area contributed by atoms with E-state index in [0.717, 1.165) is 46.8 Å². The predicted octanol–water partition coefficient (Wildman–Crippen LogP) is 3.94. The highest BCUT2D eigenvalue weighted by atomic mass is 79.9. The van der Waals surface area contributed by atoms with Crippen LogP contribution in [0.1, 0.15) is 42.4 Å². The van der Waals surface area contributed by atoms with Crippen LogP contribution in [0.4, 0.5) is 0 Å². The van der Waals surface area contributed by atoms with Gasteiger partial charge in [-0.25, -0.2) is 8.42 Å². The molecule has 1 aromatic carbocycles. The third-order valence-corrected chi connectivity index (χ3v) is 7.13. The lowest BCUT2D eigenvalue weighted by molar-refractivity contribution is 0.423. The number of benzene rings is 1. The maximum atomic E-state index is 13.0. The minimum atomic E-state index is -3.39. The molecular formula is C15H22BrNO2S. The second kappa shape index (κ2) is 6.16. The van der Waals surface area contributed by atoms with Crippen molar-refractivity contribution in [3.05, 3.63) is 27.2 Å². The Morgan fingerprint density at radius 1 is 1.00 bits per heavy atom. The quantitative estimate of drug-likeness (QED) is 0.801. The summed E-state index contributed by atoms with van der Waals surface area (Å²) >= 11 is 3.48. The Bertz CT molecular complexity index is 577. The Balaban J connectivity index is 2.54. The number of sulfonamides is 1. The molecule has 1 aliphatic heterocycles. The van der Waals surface area contributed by atoms with Crippen LogP contribution in [-0.2, 0) is 10.0 Å². The molecule has 5 heteroatoms. The van der Waals surface area contributed by atoms with Gasteiger partial charge in [0, 0.05) is 17.6 Å². The normalized spacial score (nSPS) is 18.0. The summed E-state index contributed by atoms with van der Waals surface area (Å²) in [5.41, 5.74) is 2.70. The van der Waals surface area contributed by atoms with Gasteiger partial charge in [-0.05, 0) is 56.4 Å². The van der Waals surface area contributed by atoms with E-state index in [-0.39, 0.29) is 0 Å². The van der Waals surface area contributed by atoms with Crippen molar-refractivity contribution in [1.29, 1.82) is 0 Å². The number of hydrogen-bond acceptors (Lipinski definition) is 2. The van der Waals surface area contributed by atoms with Gasteiger partial charge in [-0.2, -0.15) is 4.31 Å². The summed E-state index contributed by atoms with van der Waals surface area (Å²) in [6, 6.07) is 1.99. The van der Waals surface area contributed by atoms with Crippen LogP contribution in [0.15, 0.2) is 15.4 Å². The van der Waals surface area contributed by atoms with Crippen LogP contribution in [0.3, 0.4) is 0 Å². The van der Waals surface area contributed by atoms with Crippen LogP contribution in [0.2, 0.25) is 0 Å². The summed E-state index contributed by atoms with van der Waals surface area (Å²) in [6.45, 7) is 7.03. The van der Waals surface area contributed by atoms with Gasteiger partial charge in [-0.1, -0.05) is 28.8 Å². The van der Waals surface area contributed by atoms with Crippen molar-refractivity contribution in [2.75, 3.05) is 13.1 Å². The smallest absolute Gasteiger partial charge is 0.207 e. The molecule has 2 rings (SSSR count). The van der Waals surface area contributed by atoms with Crippen LogP contribution in [0, 0.1) is 20.8 Å². The van der Waals surface area contributed by atoms with Gasteiger partial charge in [0.25, 0.3) is 0 Å². The Morgan fingerprint density at radius 2 is 1.55 bits per heavy atom. The first-order valence-corrected chi connectivity index (χ1v) is 9.35. The summed E-state index contributed by atoms with van der Waals surface area (Å²) < 4.78 is 28.5. The first kappa shape index (κ1) is 16.0. The van der Waals surface area contributed by atoms with E-state index in [1.165, 1.54) is 0 Å².